The number of hydrogen-bond donors (Lipinski definition) is 0. The van der Waals surface area contributed by atoms with Gasteiger partial charge in [-0.15, -0.1) is 0 Å². The van der Waals surface area contributed by atoms with Gasteiger partial charge in [0, 0.05) is 26.2 Å². The second-order valence-electron chi connectivity index (χ2n) is 6.58. The van der Waals surface area contributed by atoms with Crippen molar-refractivity contribution < 1.29 is 18.7 Å². The summed E-state index contributed by atoms with van der Waals surface area (Å²) in [4.78, 5) is 28.4. The van der Waals surface area contributed by atoms with E-state index in [0.29, 0.717) is 31.9 Å². The number of rotatable bonds is 5. The molecule has 0 spiro atoms. The van der Waals surface area contributed by atoms with E-state index in [1.807, 2.05) is 30.3 Å². The molecule has 27 heavy (non-hydrogen) atoms. The number of carbonyl (C=O) groups excluding carboxylic acids is 2. The van der Waals surface area contributed by atoms with Crippen LogP contribution in [0, 0.1) is 5.82 Å². The van der Waals surface area contributed by atoms with Crippen molar-refractivity contribution in [3.63, 3.8) is 0 Å². The van der Waals surface area contributed by atoms with Gasteiger partial charge in [-0.25, -0.2) is 4.39 Å². The first-order valence-electron chi connectivity index (χ1n) is 9.05. The molecule has 2 amide bonds. The van der Waals surface area contributed by atoms with E-state index in [-0.39, 0.29) is 24.1 Å². The molecule has 1 fully saturated rings. The fourth-order valence-corrected chi connectivity index (χ4v) is 3.08. The van der Waals surface area contributed by atoms with E-state index >= 15 is 0 Å². The number of benzene rings is 2. The summed E-state index contributed by atoms with van der Waals surface area (Å²) in [6, 6.07) is 15.2. The van der Waals surface area contributed by atoms with Crippen LogP contribution < -0.4 is 4.74 Å². The summed E-state index contributed by atoms with van der Waals surface area (Å²) in [7, 11) is 0. The van der Waals surface area contributed by atoms with Crippen molar-refractivity contribution in [2.75, 3.05) is 26.2 Å². The Morgan fingerprint density at radius 1 is 0.963 bits per heavy atom. The summed E-state index contributed by atoms with van der Waals surface area (Å²) in [5.41, 5.74) is 0.782. The SMILES string of the molecule is CC(Oc1ccccc1)C(=O)N1CCN(C(=O)Cc2ccc(F)cc2)CC1. The molecule has 142 valence electrons. The molecular formula is C21H23FN2O3. The Hall–Kier alpha value is -2.89. The minimum Gasteiger partial charge on any atom is -0.481 e. The lowest BCUT2D eigenvalue weighted by Gasteiger charge is -2.36. The topological polar surface area (TPSA) is 49.9 Å². The van der Waals surface area contributed by atoms with Crippen LogP contribution in [-0.2, 0) is 16.0 Å². The summed E-state index contributed by atoms with van der Waals surface area (Å²) >= 11 is 0. The summed E-state index contributed by atoms with van der Waals surface area (Å²) in [6.07, 6.45) is -0.337. The third kappa shape index (κ3) is 5.06. The zero-order chi connectivity index (χ0) is 19.2. The van der Waals surface area contributed by atoms with Gasteiger partial charge in [0.15, 0.2) is 6.10 Å². The third-order valence-electron chi connectivity index (χ3n) is 4.62. The van der Waals surface area contributed by atoms with Crippen LogP contribution in [0.3, 0.4) is 0 Å². The number of halogens is 1. The van der Waals surface area contributed by atoms with Gasteiger partial charge in [-0.3, -0.25) is 9.59 Å². The molecule has 1 aliphatic rings. The van der Waals surface area contributed by atoms with Crippen molar-refractivity contribution >= 4 is 11.8 Å². The van der Waals surface area contributed by atoms with Crippen LogP contribution in [0.25, 0.3) is 0 Å². The van der Waals surface area contributed by atoms with Gasteiger partial charge in [0.05, 0.1) is 6.42 Å². The van der Waals surface area contributed by atoms with Crippen LogP contribution in [0.2, 0.25) is 0 Å². The molecule has 0 saturated carbocycles. The van der Waals surface area contributed by atoms with Crippen molar-refractivity contribution in [1.29, 1.82) is 0 Å². The van der Waals surface area contributed by atoms with Crippen molar-refractivity contribution in [3.8, 4) is 5.75 Å². The molecule has 1 aliphatic heterocycles. The van der Waals surface area contributed by atoms with Gasteiger partial charge >= 0.3 is 0 Å². The molecule has 1 atom stereocenters. The van der Waals surface area contributed by atoms with Gasteiger partial charge in [0.1, 0.15) is 11.6 Å². The van der Waals surface area contributed by atoms with Gasteiger partial charge in [0.2, 0.25) is 5.91 Å². The number of hydrogen-bond acceptors (Lipinski definition) is 3. The second-order valence-corrected chi connectivity index (χ2v) is 6.58. The van der Waals surface area contributed by atoms with Gasteiger partial charge in [-0.2, -0.15) is 0 Å². The Kier molecular flexibility index (Phi) is 6.06. The first-order chi connectivity index (χ1) is 13.0. The average molecular weight is 370 g/mol. The van der Waals surface area contributed by atoms with Gasteiger partial charge in [-0.05, 0) is 36.8 Å². The van der Waals surface area contributed by atoms with Crippen molar-refractivity contribution in [1.82, 2.24) is 9.80 Å². The molecule has 0 N–H and O–H groups in total. The Bertz CT molecular complexity index is 772. The molecule has 1 heterocycles. The second kappa shape index (κ2) is 8.66. The quantitative estimate of drug-likeness (QED) is 0.813. The molecule has 0 aliphatic carbocycles. The van der Waals surface area contributed by atoms with Gasteiger partial charge < -0.3 is 14.5 Å². The predicted molar refractivity (Wildman–Crippen MR) is 99.8 cm³/mol. The highest BCUT2D eigenvalue weighted by atomic mass is 19.1. The summed E-state index contributed by atoms with van der Waals surface area (Å²) in [5.74, 6) is 0.253. The molecule has 0 radical (unpaired) electrons. The standard InChI is InChI=1S/C21H23FN2O3/c1-16(27-19-5-3-2-4-6-19)21(26)24-13-11-23(12-14-24)20(25)15-17-7-9-18(22)10-8-17/h2-10,16H,11-15H2,1H3. The van der Waals surface area contributed by atoms with E-state index < -0.39 is 6.10 Å². The van der Waals surface area contributed by atoms with Crippen LogP contribution >= 0.6 is 0 Å². The maximum absolute atomic E-state index is 13.0. The fourth-order valence-electron chi connectivity index (χ4n) is 3.08. The summed E-state index contributed by atoms with van der Waals surface area (Å²) in [6.45, 7) is 3.68. The lowest BCUT2D eigenvalue weighted by atomic mass is 10.1. The first-order valence-corrected chi connectivity index (χ1v) is 9.05. The predicted octanol–water partition coefficient (Wildman–Crippen LogP) is 2.51. The maximum atomic E-state index is 13.0. The Morgan fingerprint density at radius 2 is 1.56 bits per heavy atom. The fraction of sp³-hybridized carbons (Fsp3) is 0.333. The number of ether oxygens (including phenoxy) is 1. The molecule has 1 unspecified atom stereocenters. The Morgan fingerprint density at radius 3 is 2.19 bits per heavy atom. The molecule has 2 aromatic rings. The van der Waals surface area contributed by atoms with Crippen LogP contribution in [0.1, 0.15) is 12.5 Å². The van der Waals surface area contributed by atoms with E-state index in [9.17, 15) is 14.0 Å². The summed E-state index contributed by atoms with van der Waals surface area (Å²) in [5, 5.41) is 0. The highest BCUT2D eigenvalue weighted by Gasteiger charge is 2.27. The number of para-hydroxylation sites is 1. The molecule has 0 aromatic heterocycles. The van der Waals surface area contributed by atoms with Gasteiger partial charge in [-0.1, -0.05) is 30.3 Å². The molecule has 3 rings (SSSR count). The van der Waals surface area contributed by atoms with E-state index in [0.717, 1.165) is 5.56 Å². The third-order valence-corrected chi connectivity index (χ3v) is 4.62. The normalized spacial score (nSPS) is 15.3. The van der Waals surface area contributed by atoms with Crippen LogP contribution in [0.15, 0.2) is 54.6 Å². The molecule has 1 saturated heterocycles. The lowest BCUT2D eigenvalue weighted by molar-refractivity contribution is -0.143. The van der Waals surface area contributed by atoms with E-state index in [2.05, 4.69) is 0 Å². The highest BCUT2D eigenvalue weighted by molar-refractivity contribution is 5.82. The van der Waals surface area contributed by atoms with Crippen LogP contribution in [0.4, 0.5) is 4.39 Å². The van der Waals surface area contributed by atoms with E-state index in [1.165, 1.54) is 12.1 Å². The minimum absolute atomic E-state index is 0.0118. The van der Waals surface area contributed by atoms with Crippen molar-refractivity contribution in [3.05, 3.63) is 66.0 Å². The van der Waals surface area contributed by atoms with Crippen molar-refractivity contribution in [2.45, 2.75) is 19.4 Å². The van der Waals surface area contributed by atoms with E-state index in [4.69, 9.17) is 4.74 Å². The van der Waals surface area contributed by atoms with Crippen molar-refractivity contribution in [2.24, 2.45) is 0 Å². The first kappa shape index (κ1) is 18.9. The summed E-state index contributed by atoms with van der Waals surface area (Å²) < 4.78 is 18.6. The zero-order valence-electron chi connectivity index (χ0n) is 15.3. The van der Waals surface area contributed by atoms with Crippen LogP contribution in [0.5, 0.6) is 5.75 Å². The van der Waals surface area contributed by atoms with Crippen LogP contribution in [-0.4, -0.2) is 53.9 Å². The monoisotopic (exact) mass is 370 g/mol. The zero-order valence-corrected chi connectivity index (χ0v) is 15.3. The maximum Gasteiger partial charge on any atom is 0.263 e. The molecule has 0 bridgehead atoms. The lowest BCUT2D eigenvalue weighted by Crippen LogP contribution is -2.53. The number of amides is 2. The minimum atomic E-state index is -0.575. The molecule has 6 heteroatoms. The number of piperazine rings is 1. The molecular weight excluding hydrogens is 347 g/mol. The molecule has 2 aromatic carbocycles. The number of carbonyl (C=O) groups is 2. The Labute approximate surface area is 158 Å². The largest absolute Gasteiger partial charge is 0.481 e. The number of nitrogens with zero attached hydrogens (tertiary/aromatic N) is 2. The highest BCUT2D eigenvalue weighted by Crippen LogP contribution is 2.14. The molecule has 5 nitrogen and oxygen atoms in total. The van der Waals surface area contributed by atoms with E-state index in [1.54, 1.807) is 28.9 Å². The van der Waals surface area contributed by atoms with Gasteiger partial charge in [0.25, 0.3) is 5.91 Å². The smallest absolute Gasteiger partial charge is 0.263 e. The Balaban J connectivity index is 1.48. The average Bonchev–Trinajstić information content (AvgIpc) is 2.70.